The Morgan fingerprint density at radius 2 is 0.950 bits per heavy atom. The van der Waals surface area contributed by atoms with Gasteiger partial charge in [0, 0.05) is 75.3 Å². The molecule has 0 aliphatic carbocycles. The lowest BCUT2D eigenvalue weighted by Gasteiger charge is -2.46. The number of hydrogen-bond acceptors (Lipinski definition) is 28. The van der Waals surface area contributed by atoms with E-state index < -0.39 is 256 Å². The maximum Gasteiger partial charge on any atom is 0.303 e. The number of nitrogens with zero attached hydrogens (tertiary/aromatic N) is 1. The third-order valence-electron chi connectivity index (χ3n) is 15.1. The van der Waals surface area contributed by atoms with Crippen LogP contribution < -0.4 is 53.6 Å². The average molecular weight is 1440 g/mol. The predicted octanol–water partition coefficient (Wildman–Crippen LogP) is -5.81. The van der Waals surface area contributed by atoms with Gasteiger partial charge in [-0.15, -0.1) is 0 Å². The first-order chi connectivity index (χ1) is 47.1. The van der Waals surface area contributed by atoms with Crippen molar-refractivity contribution in [3.63, 3.8) is 0 Å². The number of likely N-dealkylation sites (tertiary alicyclic amines) is 1. The number of carboxylic acids is 1. The monoisotopic (exact) mass is 1440 g/mol. The molecule has 101 heavy (non-hydrogen) atoms. The summed E-state index contributed by atoms with van der Waals surface area (Å²) in [6, 6.07) is -13.6. The lowest BCUT2D eigenvalue weighted by atomic mass is 9.95. The Hall–Kier alpha value is -9.70. The van der Waals surface area contributed by atoms with Gasteiger partial charge in [0.1, 0.15) is 73.8 Å². The molecule has 0 aromatic carbocycles. The Labute approximate surface area is 580 Å². The fraction of sp³-hybridized carbons (Fsp3) is 0.705. The average Bonchev–Trinajstić information content (AvgIpc) is 1.32. The van der Waals surface area contributed by atoms with Gasteiger partial charge in [0.2, 0.25) is 65.0 Å². The van der Waals surface area contributed by atoms with Crippen molar-refractivity contribution in [2.24, 2.45) is 11.7 Å². The van der Waals surface area contributed by atoms with Crippen LogP contribution in [0.5, 0.6) is 0 Å². The lowest BCUT2D eigenvalue weighted by Crippen LogP contribution is -2.68. The number of nitrogens with one attached hydrogen (secondary N) is 9. The molecule has 40 heteroatoms. The number of aliphatic carboxylic acids is 1. The second-order valence-corrected chi connectivity index (χ2v) is 24.3. The van der Waals surface area contributed by atoms with Crippen LogP contribution in [-0.2, 0) is 134 Å². The molecule has 0 aromatic heterocycles. The normalized spacial score (nSPS) is 23.6. The van der Waals surface area contributed by atoms with E-state index in [2.05, 4.69) is 47.9 Å². The highest BCUT2D eigenvalue weighted by molar-refractivity contribution is 5.98. The summed E-state index contributed by atoms with van der Waals surface area (Å²) >= 11 is 0. The van der Waals surface area contributed by atoms with E-state index in [-0.39, 0.29) is 31.7 Å². The van der Waals surface area contributed by atoms with Gasteiger partial charge in [-0.2, -0.15) is 0 Å². The molecule has 18 atom stereocenters. The standard InChI is InChI=1S/C61H93N11O29/c1-25(2)20-39(69-55(87)38(66-29(6)73)17-18-45(84)85)56(88)65-26(3)54(86)70-47(28(5)95-61-49(68-31(8)75)53(99-37(14)81)51(97-35(12)79)42(101-61)24-93-33(10)77)59(91)71-46(58(90)64-22-44(83)72-19-15-16-40(72)57(89)63-21-43(62)82)27(4)94-60-48(67-30(7)74)52(98-36(13)80)50(96-34(11)78)41(100-60)23-92-32(9)76/h25-28,38-42,46-53,60-61H,15-24H2,1-14H3,(H2,62,82)(H,63,89)(H,64,90)(H,65,88)(H,66,73)(H,67,74)(H,68,75)(H,69,87)(H,70,86)(H,71,91)(H,84,85)/t26-,27+,28+,38-,39-,40-,41+,42+,46-,47-,48+,49+,50-,51-,52+,53+,60-,61-/m0/s1. The molecule has 11 amide bonds. The molecule has 3 saturated heterocycles. The van der Waals surface area contributed by atoms with Gasteiger partial charge in [-0.25, -0.2) is 0 Å². The van der Waals surface area contributed by atoms with Crippen molar-refractivity contribution in [1.29, 1.82) is 0 Å². The van der Waals surface area contributed by atoms with Crippen molar-refractivity contribution in [2.75, 3.05) is 32.8 Å². The summed E-state index contributed by atoms with van der Waals surface area (Å²) in [6.07, 6.45) is -18.4. The summed E-state index contributed by atoms with van der Waals surface area (Å²) in [5.74, 6) is -18.4. The van der Waals surface area contributed by atoms with E-state index in [9.17, 15) is 81.8 Å². The van der Waals surface area contributed by atoms with Crippen LogP contribution in [0, 0.1) is 5.92 Å². The largest absolute Gasteiger partial charge is 0.481 e. The molecule has 3 fully saturated rings. The molecule has 0 radical (unpaired) electrons. The quantitative estimate of drug-likeness (QED) is 0.0206. The van der Waals surface area contributed by atoms with E-state index >= 15 is 9.59 Å². The van der Waals surface area contributed by atoms with Crippen LogP contribution in [0.25, 0.3) is 0 Å². The highest BCUT2D eigenvalue weighted by atomic mass is 16.7. The van der Waals surface area contributed by atoms with Gasteiger partial charge < -0.3 is 111 Å². The summed E-state index contributed by atoms with van der Waals surface area (Å²) in [5.41, 5.74) is 5.21. The molecule has 3 heterocycles. The number of hydrogen-bond donors (Lipinski definition) is 11. The molecule has 0 bridgehead atoms. The van der Waals surface area contributed by atoms with Gasteiger partial charge >= 0.3 is 41.8 Å². The first kappa shape index (κ1) is 85.5. The number of primary amides is 1. The van der Waals surface area contributed by atoms with Gasteiger partial charge in [-0.1, -0.05) is 13.8 Å². The maximum absolute atomic E-state index is 15.6. The van der Waals surface area contributed by atoms with Crippen LogP contribution in [0.3, 0.4) is 0 Å². The van der Waals surface area contributed by atoms with Gasteiger partial charge in [-0.05, 0) is 52.4 Å². The number of carbonyl (C=O) groups excluding carboxylic acids is 17. The smallest absolute Gasteiger partial charge is 0.303 e. The van der Waals surface area contributed by atoms with Crippen molar-refractivity contribution in [3.05, 3.63) is 0 Å². The summed E-state index contributed by atoms with van der Waals surface area (Å²) in [6.45, 7) is 12.7. The number of ether oxygens (including phenoxy) is 10. The van der Waals surface area contributed by atoms with Gasteiger partial charge in [0.05, 0.1) is 25.3 Å². The van der Waals surface area contributed by atoms with Crippen LogP contribution in [0.2, 0.25) is 0 Å². The molecule has 3 aliphatic heterocycles. The number of nitrogens with two attached hydrogens (primary N) is 1. The minimum atomic E-state index is -2.22. The molecule has 0 spiro atoms. The Morgan fingerprint density at radius 3 is 1.37 bits per heavy atom. The van der Waals surface area contributed by atoms with Crippen LogP contribution >= 0.6 is 0 Å². The van der Waals surface area contributed by atoms with Crippen LogP contribution in [0.15, 0.2) is 0 Å². The molecule has 0 saturated carbocycles. The van der Waals surface area contributed by atoms with E-state index in [1.165, 1.54) is 0 Å². The third-order valence-corrected chi connectivity index (χ3v) is 15.1. The van der Waals surface area contributed by atoms with Crippen molar-refractivity contribution in [1.82, 2.24) is 52.8 Å². The first-order valence-corrected chi connectivity index (χ1v) is 32.1. The summed E-state index contributed by atoms with van der Waals surface area (Å²) < 4.78 is 57.7. The van der Waals surface area contributed by atoms with E-state index in [4.69, 9.17) is 53.1 Å². The van der Waals surface area contributed by atoms with E-state index in [0.29, 0.717) is 0 Å². The van der Waals surface area contributed by atoms with Gasteiger partial charge in [0.15, 0.2) is 37.0 Å². The lowest BCUT2D eigenvalue weighted by molar-refractivity contribution is -0.288. The van der Waals surface area contributed by atoms with Crippen LogP contribution in [0.1, 0.15) is 129 Å². The predicted molar refractivity (Wildman–Crippen MR) is 336 cm³/mol. The van der Waals surface area contributed by atoms with Gasteiger partial charge in [-0.3, -0.25) is 86.3 Å². The Bertz CT molecular complexity index is 3060. The molecule has 3 aliphatic rings. The zero-order valence-electron chi connectivity index (χ0n) is 58.4. The van der Waals surface area contributed by atoms with Crippen molar-refractivity contribution < 1.29 is 139 Å². The number of carboxylic acid groups (broad SMARTS) is 1. The highest BCUT2D eigenvalue weighted by Gasteiger charge is 2.55. The second-order valence-electron chi connectivity index (χ2n) is 24.3. The number of amides is 11. The summed E-state index contributed by atoms with van der Waals surface area (Å²) in [4.78, 5) is 238. The SMILES string of the molecule is CC(=O)N[C@H]1[C@@H](O[C@H](C)[C@H](NC(=O)[C@H](C)NC(=O)[C@H](CC(C)C)NC(=O)[C@H](CCC(=O)O)NC(C)=O)C(=O)N[C@H](C(=O)NCC(=O)N2CCC[C@H]2C(=O)NCC(N)=O)[C@@H](C)O[C@H]2O[C@H](COC(C)=O)[C@H](OC(C)=O)[C@H](OC(C)=O)[C@H]2NC(C)=O)O[C@H](COC(C)=O)[C@H](OC(C)=O)[C@@H]1OC(C)=O. The third kappa shape index (κ3) is 28.5. The van der Waals surface area contributed by atoms with E-state index in [1.54, 1.807) is 13.8 Å². The Kier molecular flexibility index (Phi) is 34.3. The van der Waals surface area contributed by atoms with Crippen LogP contribution in [-0.4, -0.2) is 259 Å². The summed E-state index contributed by atoms with van der Waals surface area (Å²) in [5, 5.41) is 31.1. The zero-order valence-corrected chi connectivity index (χ0v) is 58.4. The highest BCUT2D eigenvalue weighted by Crippen LogP contribution is 2.31. The van der Waals surface area contributed by atoms with E-state index in [0.717, 1.165) is 88.0 Å². The Balaban J connectivity index is 2.36. The number of carbonyl (C=O) groups is 18. The van der Waals surface area contributed by atoms with Crippen molar-refractivity contribution >= 4 is 107 Å². The second kappa shape index (κ2) is 40.5. The fourth-order valence-corrected chi connectivity index (χ4v) is 10.8. The minimum absolute atomic E-state index is 0.0260. The number of rotatable bonds is 36. The molecule has 0 unspecified atom stereocenters. The van der Waals surface area contributed by atoms with E-state index in [1.807, 2.05) is 0 Å². The van der Waals surface area contributed by atoms with Crippen molar-refractivity contribution in [2.45, 2.75) is 239 Å². The Morgan fingerprint density at radius 1 is 0.505 bits per heavy atom. The summed E-state index contributed by atoms with van der Waals surface area (Å²) in [7, 11) is 0. The maximum atomic E-state index is 15.6. The molecular formula is C61H93N11O29. The molecule has 0 aromatic rings. The first-order valence-electron chi connectivity index (χ1n) is 32.1. The molecule has 566 valence electrons. The molecule has 40 nitrogen and oxygen atoms in total. The van der Waals surface area contributed by atoms with Crippen molar-refractivity contribution in [3.8, 4) is 0 Å². The van der Waals surface area contributed by atoms with Gasteiger partial charge in [0.25, 0.3) is 0 Å². The fourth-order valence-electron chi connectivity index (χ4n) is 10.8. The zero-order chi connectivity index (χ0) is 76.4. The van der Waals surface area contributed by atoms with Crippen LogP contribution in [0.4, 0.5) is 0 Å². The topological polar surface area (TPSA) is 557 Å². The molecule has 12 N–H and O–H groups in total. The number of esters is 6. The molecular weight excluding hydrogens is 1350 g/mol. The molecule has 3 rings (SSSR count). The minimum Gasteiger partial charge on any atom is -0.481 e.